The van der Waals surface area contributed by atoms with Crippen molar-refractivity contribution in [1.29, 1.82) is 0 Å². The Morgan fingerprint density at radius 1 is 1.44 bits per heavy atom. The summed E-state index contributed by atoms with van der Waals surface area (Å²) < 4.78 is 5.33. The number of nitrogens with zero attached hydrogens (tertiary/aromatic N) is 1. The number of hydrogen-bond donors (Lipinski definition) is 1. The average Bonchev–Trinajstić information content (AvgIpc) is 2.75. The fourth-order valence-electron chi connectivity index (χ4n) is 1.88. The second kappa shape index (κ2) is 6.45. The van der Waals surface area contributed by atoms with Crippen LogP contribution in [0.5, 0.6) is 0 Å². The van der Waals surface area contributed by atoms with Gasteiger partial charge in [0, 0.05) is 19.1 Å². The van der Waals surface area contributed by atoms with Crippen LogP contribution >= 0.6 is 0 Å². The van der Waals surface area contributed by atoms with E-state index in [4.69, 9.17) is 4.74 Å². The van der Waals surface area contributed by atoms with E-state index in [9.17, 15) is 4.79 Å². The predicted molar refractivity (Wildman–Crippen MR) is 64.1 cm³/mol. The molecule has 0 aliphatic carbocycles. The first-order valence-electron chi connectivity index (χ1n) is 5.50. The fraction of sp³-hybridized carbons (Fsp3) is 0.583. The van der Waals surface area contributed by atoms with E-state index in [1.807, 2.05) is 7.05 Å². The Labute approximate surface area is 97.0 Å². The van der Waals surface area contributed by atoms with Gasteiger partial charge in [0.1, 0.15) is 0 Å². The summed E-state index contributed by atoms with van der Waals surface area (Å²) in [7, 11) is 1.85. The normalized spacial score (nSPS) is 24.1. The number of nitrogens with one attached hydrogen (secondary N) is 1. The maximum absolute atomic E-state index is 12.2. The number of amides is 1. The Balaban J connectivity index is 2.64. The molecule has 0 saturated carbocycles. The van der Waals surface area contributed by atoms with E-state index >= 15 is 0 Å². The lowest BCUT2D eigenvalue weighted by Gasteiger charge is -2.25. The van der Waals surface area contributed by atoms with Crippen LogP contribution in [0, 0.1) is 5.92 Å². The SMILES string of the molecule is C=CCN(CC=C)C(=O)C1COCC1NC. The first-order chi connectivity index (χ1) is 7.74. The summed E-state index contributed by atoms with van der Waals surface area (Å²) in [4.78, 5) is 13.9. The zero-order valence-corrected chi connectivity index (χ0v) is 9.82. The molecule has 4 nitrogen and oxygen atoms in total. The monoisotopic (exact) mass is 224 g/mol. The molecular weight excluding hydrogens is 204 g/mol. The fourth-order valence-corrected chi connectivity index (χ4v) is 1.88. The molecule has 1 fully saturated rings. The minimum Gasteiger partial charge on any atom is -0.379 e. The summed E-state index contributed by atoms with van der Waals surface area (Å²) in [6.45, 7) is 9.51. The summed E-state index contributed by atoms with van der Waals surface area (Å²) >= 11 is 0. The van der Waals surface area contributed by atoms with E-state index in [1.54, 1.807) is 17.1 Å². The highest BCUT2D eigenvalue weighted by Gasteiger charge is 2.35. The van der Waals surface area contributed by atoms with Crippen molar-refractivity contribution in [2.45, 2.75) is 6.04 Å². The number of likely N-dealkylation sites (N-methyl/N-ethyl adjacent to an activating group) is 1. The van der Waals surface area contributed by atoms with Gasteiger partial charge in [-0.2, -0.15) is 0 Å². The molecule has 1 rings (SSSR count). The van der Waals surface area contributed by atoms with Gasteiger partial charge >= 0.3 is 0 Å². The maximum atomic E-state index is 12.2. The molecule has 0 aromatic rings. The van der Waals surface area contributed by atoms with Crippen molar-refractivity contribution in [3.63, 3.8) is 0 Å². The molecule has 0 aromatic heterocycles. The zero-order valence-electron chi connectivity index (χ0n) is 9.82. The van der Waals surface area contributed by atoms with Crippen LogP contribution in [-0.4, -0.2) is 50.2 Å². The number of carbonyl (C=O) groups is 1. The van der Waals surface area contributed by atoms with Gasteiger partial charge in [0.05, 0.1) is 19.1 Å². The van der Waals surface area contributed by atoms with Crippen molar-refractivity contribution in [2.24, 2.45) is 5.92 Å². The third-order valence-electron chi connectivity index (χ3n) is 2.78. The van der Waals surface area contributed by atoms with E-state index < -0.39 is 0 Å². The lowest BCUT2D eigenvalue weighted by atomic mass is 10.0. The van der Waals surface area contributed by atoms with Crippen molar-refractivity contribution in [2.75, 3.05) is 33.4 Å². The van der Waals surface area contributed by atoms with Gasteiger partial charge in [-0.25, -0.2) is 0 Å². The molecule has 1 amide bonds. The van der Waals surface area contributed by atoms with E-state index in [0.717, 1.165) is 0 Å². The first kappa shape index (κ1) is 12.9. The minimum atomic E-state index is -0.0927. The molecule has 1 N–H and O–H groups in total. The second-order valence-electron chi connectivity index (χ2n) is 3.86. The molecule has 1 heterocycles. The van der Waals surface area contributed by atoms with Crippen LogP contribution in [0.2, 0.25) is 0 Å². The molecule has 4 heteroatoms. The average molecular weight is 224 g/mol. The topological polar surface area (TPSA) is 41.6 Å². The standard InChI is InChI=1S/C12H20N2O2/c1-4-6-14(7-5-2)12(15)10-8-16-9-11(10)13-3/h4-5,10-11,13H,1-2,6-9H2,3H3. The van der Waals surface area contributed by atoms with Crippen LogP contribution in [0.3, 0.4) is 0 Å². The largest absolute Gasteiger partial charge is 0.379 e. The molecule has 1 aliphatic heterocycles. The molecule has 16 heavy (non-hydrogen) atoms. The van der Waals surface area contributed by atoms with Crippen molar-refractivity contribution in [1.82, 2.24) is 10.2 Å². The number of carbonyl (C=O) groups excluding carboxylic acids is 1. The molecule has 1 saturated heterocycles. The molecular formula is C12H20N2O2. The highest BCUT2D eigenvalue weighted by atomic mass is 16.5. The van der Waals surface area contributed by atoms with E-state index in [1.165, 1.54) is 0 Å². The van der Waals surface area contributed by atoms with Gasteiger partial charge in [0.2, 0.25) is 5.91 Å². The number of ether oxygens (including phenoxy) is 1. The highest BCUT2D eigenvalue weighted by Crippen LogP contribution is 2.16. The van der Waals surface area contributed by atoms with Crippen LogP contribution in [0.15, 0.2) is 25.3 Å². The summed E-state index contributed by atoms with van der Waals surface area (Å²) in [6, 6.07) is 0.115. The van der Waals surface area contributed by atoms with Gasteiger partial charge < -0.3 is 15.0 Å². The first-order valence-corrected chi connectivity index (χ1v) is 5.50. The molecule has 0 spiro atoms. The van der Waals surface area contributed by atoms with Gasteiger partial charge in [-0.3, -0.25) is 4.79 Å². The lowest BCUT2D eigenvalue weighted by Crippen LogP contribution is -2.44. The Bertz CT molecular complexity index is 256. The highest BCUT2D eigenvalue weighted by molar-refractivity contribution is 5.80. The van der Waals surface area contributed by atoms with Gasteiger partial charge in [-0.1, -0.05) is 12.2 Å². The minimum absolute atomic E-state index is 0.0927. The van der Waals surface area contributed by atoms with Crippen LogP contribution in [0.1, 0.15) is 0 Å². The molecule has 1 aliphatic rings. The van der Waals surface area contributed by atoms with Crippen molar-refractivity contribution in [3.05, 3.63) is 25.3 Å². The van der Waals surface area contributed by atoms with E-state index in [2.05, 4.69) is 18.5 Å². The summed E-state index contributed by atoms with van der Waals surface area (Å²) in [5, 5.41) is 3.11. The van der Waals surface area contributed by atoms with Crippen LogP contribution in [-0.2, 0) is 9.53 Å². The lowest BCUT2D eigenvalue weighted by molar-refractivity contribution is -0.134. The number of hydrogen-bond acceptors (Lipinski definition) is 3. The van der Waals surface area contributed by atoms with Crippen LogP contribution in [0.25, 0.3) is 0 Å². The Morgan fingerprint density at radius 2 is 2.06 bits per heavy atom. The zero-order chi connectivity index (χ0) is 12.0. The molecule has 0 aromatic carbocycles. The third-order valence-corrected chi connectivity index (χ3v) is 2.78. The smallest absolute Gasteiger partial charge is 0.230 e. The Morgan fingerprint density at radius 3 is 2.56 bits per heavy atom. The van der Waals surface area contributed by atoms with E-state index in [0.29, 0.717) is 26.3 Å². The summed E-state index contributed by atoms with van der Waals surface area (Å²) in [5.41, 5.74) is 0. The third kappa shape index (κ3) is 2.93. The second-order valence-corrected chi connectivity index (χ2v) is 3.86. The van der Waals surface area contributed by atoms with E-state index in [-0.39, 0.29) is 17.9 Å². The van der Waals surface area contributed by atoms with Crippen LogP contribution < -0.4 is 5.32 Å². The maximum Gasteiger partial charge on any atom is 0.230 e. The summed E-state index contributed by atoms with van der Waals surface area (Å²) in [6.07, 6.45) is 3.46. The van der Waals surface area contributed by atoms with Crippen LogP contribution in [0.4, 0.5) is 0 Å². The van der Waals surface area contributed by atoms with Crippen molar-refractivity contribution in [3.8, 4) is 0 Å². The van der Waals surface area contributed by atoms with Gasteiger partial charge in [0.25, 0.3) is 0 Å². The molecule has 90 valence electrons. The molecule has 0 radical (unpaired) electrons. The van der Waals surface area contributed by atoms with Crippen molar-refractivity contribution >= 4 is 5.91 Å². The molecule has 2 atom stereocenters. The Kier molecular flexibility index (Phi) is 5.22. The summed E-state index contributed by atoms with van der Waals surface area (Å²) in [5.74, 6) is 0.0153. The van der Waals surface area contributed by atoms with Crippen molar-refractivity contribution < 1.29 is 9.53 Å². The van der Waals surface area contributed by atoms with Gasteiger partial charge in [-0.05, 0) is 7.05 Å². The Hall–Kier alpha value is -1.13. The predicted octanol–water partition coefficient (Wildman–Crippen LogP) is 0.421. The van der Waals surface area contributed by atoms with Gasteiger partial charge in [0.15, 0.2) is 0 Å². The number of rotatable bonds is 6. The molecule has 2 unspecified atom stereocenters. The quantitative estimate of drug-likeness (QED) is 0.665. The van der Waals surface area contributed by atoms with Gasteiger partial charge in [-0.15, -0.1) is 13.2 Å². The molecule has 0 bridgehead atoms.